The standard InChI is InChI=1S/C15H19NO3/c1-18-11-15(8-9-15)14(17)16-13(7-10-19-16)12-5-3-2-4-6-12/h2-6,13H,7-11H2,1H3/t13-/m0/s1. The Morgan fingerprint density at radius 3 is 2.79 bits per heavy atom. The van der Waals surface area contributed by atoms with Gasteiger partial charge in [0.25, 0.3) is 5.91 Å². The van der Waals surface area contributed by atoms with Gasteiger partial charge in [-0.25, -0.2) is 5.06 Å². The van der Waals surface area contributed by atoms with E-state index in [0.29, 0.717) is 13.2 Å². The highest BCUT2D eigenvalue weighted by Gasteiger charge is 2.54. The van der Waals surface area contributed by atoms with E-state index >= 15 is 0 Å². The molecule has 1 saturated carbocycles. The van der Waals surface area contributed by atoms with Crippen LogP contribution in [0.25, 0.3) is 0 Å². The van der Waals surface area contributed by atoms with Gasteiger partial charge in [0.05, 0.1) is 24.7 Å². The van der Waals surface area contributed by atoms with Gasteiger partial charge in [-0.2, -0.15) is 0 Å². The maximum Gasteiger partial charge on any atom is 0.255 e. The van der Waals surface area contributed by atoms with Crippen molar-refractivity contribution in [3.8, 4) is 0 Å². The summed E-state index contributed by atoms with van der Waals surface area (Å²) in [5.74, 6) is 0.0840. The predicted molar refractivity (Wildman–Crippen MR) is 70.1 cm³/mol. The van der Waals surface area contributed by atoms with Crippen molar-refractivity contribution < 1.29 is 14.4 Å². The van der Waals surface area contributed by atoms with Gasteiger partial charge in [-0.1, -0.05) is 30.3 Å². The van der Waals surface area contributed by atoms with Crippen LogP contribution in [0.5, 0.6) is 0 Å². The molecule has 1 saturated heterocycles. The third kappa shape index (κ3) is 2.26. The summed E-state index contributed by atoms with van der Waals surface area (Å²) in [6.45, 7) is 1.10. The molecule has 102 valence electrons. The minimum absolute atomic E-state index is 0.0445. The van der Waals surface area contributed by atoms with Crippen LogP contribution in [0, 0.1) is 5.41 Å². The zero-order valence-electron chi connectivity index (χ0n) is 11.2. The Hall–Kier alpha value is -1.39. The summed E-state index contributed by atoms with van der Waals surface area (Å²) in [7, 11) is 1.65. The lowest BCUT2D eigenvalue weighted by molar-refractivity contribution is -0.185. The molecule has 19 heavy (non-hydrogen) atoms. The Labute approximate surface area is 113 Å². The fourth-order valence-corrected chi connectivity index (χ4v) is 2.73. The lowest BCUT2D eigenvalue weighted by Crippen LogP contribution is -2.38. The maximum atomic E-state index is 12.6. The van der Waals surface area contributed by atoms with E-state index in [1.54, 1.807) is 12.2 Å². The molecule has 1 heterocycles. The summed E-state index contributed by atoms with van der Waals surface area (Å²) in [6.07, 6.45) is 2.67. The minimum atomic E-state index is -0.327. The molecule has 0 N–H and O–H groups in total. The molecule has 4 heteroatoms. The molecule has 0 unspecified atom stereocenters. The van der Waals surface area contributed by atoms with E-state index in [1.165, 1.54) is 0 Å². The van der Waals surface area contributed by atoms with Gasteiger partial charge in [0, 0.05) is 13.5 Å². The first-order chi connectivity index (χ1) is 9.27. The van der Waals surface area contributed by atoms with Crippen LogP contribution in [0.4, 0.5) is 0 Å². The Balaban J connectivity index is 1.79. The summed E-state index contributed by atoms with van der Waals surface area (Å²) in [5.41, 5.74) is 0.813. The van der Waals surface area contributed by atoms with Crippen LogP contribution >= 0.6 is 0 Å². The highest BCUT2D eigenvalue weighted by molar-refractivity contribution is 5.85. The quantitative estimate of drug-likeness (QED) is 0.835. The molecule has 4 nitrogen and oxygen atoms in total. The molecule has 2 aliphatic rings. The largest absolute Gasteiger partial charge is 0.384 e. The van der Waals surface area contributed by atoms with Crippen molar-refractivity contribution in [3.63, 3.8) is 0 Å². The van der Waals surface area contributed by atoms with Crippen molar-refractivity contribution >= 4 is 5.91 Å². The second-order valence-electron chi connectivity index (χ2n) is 5.39. The van der Waals surface area contributed by atoms with Gasteiger partial charge in [0.1, 0.15) is 0 Å². The predicted octanol–water partition coefficient (Wildman–Crippen LogP) is 2.32. The van der Waals surface area contributed by atoms with E-state index in [1.807, 2.05) is 18.2 Å². The van der Waals surface area contributed by atoms with Crippen LogP contribution in [0.15, 0.2) is 30.3 Å². The SMILES string of the molecule is COCC1(C(=O)N2OCC[C@H]2c2ccccc2)CC1. The number of nitrogens with zero attached hydrogens (tertiary/aromatic N) is 1. The van der Waals surface area contributed by atoms with Gasteiger partial charge in [-0.05, 0) is 18.4 Å². The molecule has 2 fully saturated rings. The molecule has 1 aliphatic carbocycles. The van der Waals surface area contributed by atoms with Crippen molar-refractivity contribution in [1.82, 2.24) is 5.06 Å². The van der Waals surface area contributed by atoms with Crippen LogP contribution in [-0.4, -0.2) is 31.3 Å². The first-order valence-electron chi connectivity index (χ1n) is 6.77. The van der Waals surface area contributed by atoms with Crippen molar-refractivity contribution in [1.29, 1.82) is 0 Å². The van der Waals surface area contributed by atoms with Gasteiger partial charge in [0.2, 0.25) is 0 Å². The fourth-order valence-electron chi connectivity index (χ4n) is 2.73. The van der Waals surface area contributed by atoms with E-state index < -0.39 is 0 Å². The Morgan fingerprint density at radius 2 is 2.16 bits per heavy atom. The summed E-state index contributed by atoms with van der Waals surface area (Å²) < 4.78 is 5.19. The third-order valence-corrected chi connectivity index (χ3v) is 4.02. The molecule has 3 rings (SSSR count). The fraction of sp³-hybridized carbons (Fsp3) is 0.533. The first kappa shape index (κ1) is 12.6. The first-order valence-corrected chi connectivity index (χ1v) is 6.77. The number of hydrogen-bond donors (Lipinski definition) is 0. The van der Waals surface area contributed by atoms with Crippen molar-refractivity contribution in [2.45, 2.75) is 25.3 Å². The van der Waals surface area contributed by atoms with E-state index in [9.17, 15) is 4.79 Å². The zero-order chi connectivity index (χ0) is 13.3. The molecule has 0 spiro atoms. The Kier molecular flexibility index (Phi) is 3.29. The molecule has 1 atom stereocenters. The average Bonchev–Trinajstić information content (AvgIpc) is 3.06. The van der Waals surface area contributed by atoms with E-state index in [0.717, 1.165) is 24.8 Å². The normalized spacial score (nSPS) is 24.5. The number of hydroxylamine groups is 2. The summed E-state index contributed by atoms with van der Waals surface area (Å²) >= 11 is 0. The van der Waals surface area contributed by atoms with Gasteiger partial charge >= 0.3 is 0 Å². The molecule has 0 aromatic heterocycles. The number of carbonyl (C=O) groups excluding carboxylic acids is 1. The van der Waals surface area contributed by atoms with Gasteiger partial charge < -0.3 is 4.74 Å². The molecular formula is C15H19NO3. The summed E-state index contributed by atoms with van der Waals surface area (Å²) in [5, 5.41) is 1.58. The van der Waals surface area contributed by atoms with Crippen molar-refractivity contribution in [3.05, 3.63) is 35.9 Å². The highest BCUT2D eigenvalue weighted by Crippen LogP contribution is 2.49. The molecule has 0 bridgehead atoms. The molecule has 1 aromatic carbocycles. The number of amides is 1. The number of methoxy groups -OCH3 is 1. The van der Waals surface area contributed by atoms with Gasteiger partial charge in [-0.15, -0.1) is 0 Å². The second-order valence-corrected chi connectivity index (χ2v) is 5.39. The molecule has 1 aliphatic heterocycles. The van der Waals surface area contributed by atoms with Crippen LogP contribution in [0.3, 0.4) is 0 Å². The number of rotatable bonds is 4. The number of carbonyl (C=O) groups is 1. The van der Waals surface area contributed by atoms with Crippen LogP contribution in [0.2, 0.25) is 0 Å². The van der Waals surface area contributed by atoms with Gasteiger partial charge in [-0.3, -0.25) is 9.63 Å². The number of benzene rings is 1. The van der Waals surface area contributed by atoms with Crippen LogP contribution < -0.4 is 0 Å². The number of ether oxygens (including phenoxy) is 1. The molecule has 1 aromatic rings. The molecule has 0 radical (unpaired) electrons. The monoisotopic (exact) mass is 261 g/mol. The Morgan fingerprint density at radius 1 is 1.42 bits per heavy atom. The van der Waals surface area contributed by atoms with E-state index in [2.05, 4.69) is 12.1 Å². The number of hydrogen-bond acceptors (Lipinski definition) is 3. The Bertz CT molecular complexity index is 456. The maximum absolute atomic E-state index is 12.6. The molecular weight excluding hydrogens is 242 g/mol. The zero-order valence-corrected chi connectivity index (χ0v) is 11.2. The second kappa shape index (κ2) is 4.94. The summed E-state index contributed by atoms with van der Waals surface area (Å²) in [6, 6.07) is 10.1. The van der Waals surface area contributed by atoms with Crippen molar-refractivity contribution in [2.75, 3.05) is 20.3 Å². The van der Waals surface area contributed by atoms with Crippen molar-refractivity contribution in [2.24, 2.45) is 5.41 Å². The lowest BCUT2D eigenvalue weighted by Gasteiger charge is -2.26. The highest BCUT2D eigenvalue weighted by atomic mass is 16.7. The third-order valence-electron chi connectivity index (χ3n) is 4.02. The van der Waals surface area contributed by atoms with E-state index in [-0.39, 0.29) is 17.4 Å². The lowest BCUT2D eigenvalue weighted by atomic mass is 10.0. The molecule has 1 amide bonds. The smallest absolute Gasteiger partial charge is 0.255 e. The topological polar surface area (TPSA) is 38.8 Å². The van der Waals surface area contributed by atoms with Gasteiger partial charge in [0.15, 0.2) is 0 Å². The van der Waals surface area contributed by atoms with Crippen LogP contribution in [-0.2, 0) is 14.4 Å². The van der Waals surface area contributed by atoms with Crippen LogP contribution in [0.1, 0.15) is 30.9 Å². The van der Waals surface area contributed by atoms with E-state index in [4.69, 9.17) is 9.57 Å². The average molecular weight is 261 g/mol. The summed E-state index contributed by atoms with van der Waals surface area (Å²) in [4.78, 5) is 18.2. The minimum Gasteiger partial charge on any atom is -0.384 e.